The van der Waals surface area contributed by atoms with Crippen LogP contribution in [0.3, 0.4) is 0 Å². The Hall–Kier alpha value is -0.980. The molecule has 0 saturated carbocycles. The molecule has 0 amide bonds. The second-order valence-corrected chi connectivity index (χ2v) is 6.75. The molecule has 1 aliphatic heterocycles. The van der Waals surface area contributed by atoms with Crippen LogP contribution in [0.25, 0.3) is 0 Å². The summed E-state index contributed by atoms with van der Waals surface area (Å²) in [7, 11) is 0. The van der Waals surface area contributed by atoms with Crippen LogP contribution in [0.2, 0.25) is 0 Å². The number of fused-ring (bicyclic) bond motifs is 1. The first-order valence-electron chi connectivity index (χ1n) is 6.27. The highest BCUT2D eigenvalue weighted by atomic mass is 32.2. The lowest BCUT2D eigenvalue weighted by atomic mass is 10.1. The van der Waals surface area contributed by atoms with Crippen molar-refractivity contribution in [2.24, 2.45) is 0 Å². The fourth-order valence-electron chi connectivity index (χ4n) is 2.26. The van der Waals surface area contributed by atoms with Crippen molar-refractivity contribution >= 4 is 23.1 Å². The molecule has 0 spiro atoms. The van der Waals surface area contributed by atoms with E-state index in [1.807, 2.05) is 18.6 Å². The molecule has 0 bridgehead atoms. The van der Waals surface area contributed by atoms with Crippen molar-refractivity contribution in [1.82, 2.24) is 19.9 Å². The van der Waals surface area contributed by atoms with E-state index in [1.165, 1.54) is 21.1 Å². The molecule has 0 aromatic carbocycles. The van der Waals surface area contributed by atoms with Gasteiger partial charge in [-0.15, -0.1) is 11.3 Å². The molecule has 100 valence electrons. The predicted octanol–water partition coefficient (Wildman–Crippen LogP) is 2.52. The minimum atomic E-state index is 0.878. The van der Waals surface area contributed by atoms with E-state index in [4.69, 9.17) is 0 Å². The van der Waals surface area contributed by atoms with Gasteiger partial charge in [0, 0.05) is 42.3 Å². The monoisotopic (exact) mass is 292 g/mol. The van der Waals surface area contributed by atoms with E-state index in [0.29, 0.717) is 0 Å². The summed E-state index contributed by atoms with van der Waals surface area (Å²) in [5.41, 5.74) is 2.48. The van der Waals surface area contributed by atoms with Gasteiger partial charge in [-0.25, -0.2) is 15.0 Å². The largest absolute Gasteiger partial charge is 0.292 e. The third kappa shape index (κ3) is 2.96. The lowest BCUT2D eigenvalue weighted by molar-refractivity contribution is 0.242. The standard InChI is InChI=1S/C13H16N4S2/c1-9-5-14-12(19-9)8-17-4-3-11-10(7-17)6-15-13(16-11)18-2/h5-6H,3-4,7-8H2,1-2H3. The summed E-state index contributed by atoms with van der Waals surface area (Å²) in [5, 5.41) is 2.07. The highest BCUT2D eigenvalue weighted by Gasteiger charge is 2.19. The van der Waals surface area contributed by atoms with Crippen LogP contribution < -0.4 is 0 Å². The topological polar surface area (TPSA) is 41.9 Å². The summed E-state index contributed by atoms with van der Waals surface area (Å²) in [6.45, 7) is 5.02. The van der Waals surface area contributed by atoms with Gasteiger partial charge < -0.3 is 0 Å². The van der Waals surface area contributed by atoms with E-state index >= 15 is 0 Å². The van der Waals surface area contributed by atoms with E-state index in [2.05, 4.69) is 26.8 Å². The molecule has 0 unspecified atom stereocenters. The number of nitrogens with zero attached hydrogens (tertiary/aromatic N) is 4. The van der Waals surface area contributed by atoms with Crippen molar-refractivity contribution in [3.05, 3.63) is 33.5 Å². The summed E-state index contributed by atoms with van der Waals surface area (Å²) in [5.74, 6) is 0. The van der Waals surface area contributed by atoms with Crippen LogP contribution in [-0.4, -0.2) is 32.7 Å². The second-order valence-electron chi connectivity index (χ2n) is 4.65. The van der Waals surface area contributed by atoms with Crippen LogP contribution in [0, 0.1) is 6.92 Å². The van der Waals surface area contributed by atoms with Crippen molar-refractivity contribution in [2.45, 2.75) is 31.6 Å². The number of thiazole rings is 1. The Morgan fingerprint density at radius 3 is 3.00 bits per heavy atom. The third-order valence-corrected chi connectivity index (χ3v) is 4.66. The van der Waals surface area contributed by atoms with E-state index in [9.17, 15) is 0 Å². The summed E-state index contributed by atoms with van der Waals surface area (Å²) < 4.78 is 0. The second kappa shape index (κ2) is 5.56. The number of aromatic nitrogens is 3. The van der Waals surface area contributed by atoms with E-state index in [-0.39, 0.29) is 0 Å². The molecule has 0 radical (unpaired) electrons. The van der Waals surface area contributed by atoms with E-state index in [1.54, 1.807) is 23.1 Å². The van der Waals surface area contributed by atoms with Gasteiger partial charge in [-0.1, -0.05) is 11.8 Å². The average molecular weight is 292 g/mol. The van der Waals surface area contributed by atoms with E-state index in [0.717, 1.165) is 31.2 Å². The highest BCUT2D eigenvalue weighted by molar-refractivity contribution is 7.98. The Morgan fingerprint density at radius 1 is 1.37 bits per heavy atom. The molecule has 0 atom stereocenters. The van der Waals surface area contributed by atoms with Crippen molar-refractivity contribution in [2.75, 3.05) is 12.8 Å². The van der Waals surface area contributed by atoms with Gasteiger partial charge in [-0.05, 0) is 13.2 Å². The molecule has 3 rings (SSSR count). The fraction of sp³-hybridized carbons (Fsp3) is 0.462. The van der Waals surface area contributed by atoms with Crippen molar-refractivity contribution < 1.29 is 0 Å². The van der Waals surface area contributed by atoms with E-state index < -0.39 is 0 Å². The number of rotatable bonds is 3. The van der Waals surface area contributed by atoms with Crippen LogP contribution in [0.1, 0.15) is 21.1 Å². The molecule has 0 aliphatic carbocycles. The molecular formula is C13H16N4S2. The molecular weight excluding hydrogens is 276 g/mol. The molecule has 0 fully saturated rings. The van der Waals surface area contributed by atoms with Gasteiger partial charge in [0.05, 0.1) is 12.2 Å². The Balaban J connectivity index is 1.71. The molecule has 1 aliphatic rings. The van der Waals surface area contributed by atoms with Crippen molar-refractivity contribution in [3.63, 3.8) is 0 Å². The maximum atomic E-state index is 4.59. The zero-order valence-electron chi connectivity index (χ0n) is 11.1. The molecule has 0 N–H and O–H groups in total. The highest BCUT2D eigenvalue weighted by Crippen LogP contribution is 2.21. The molecule has 3 heterocycles. The minimum absolute atomic E-state index is 0.878. The van der Waals surface area contributed by atoms with Gasteiger partial charge in [0.25, 0.3) is 0 Å². The first kappa shape index (κ1) is 13.0. The van der Waals surface area contributed by atoms with Crippen LogP contribution in [-0.2, 0) is 19.5 Å². The minimum Gasteiger partial charge on any atom is -0.292 e. The Bertz CT molecular complexity index is 582. The number of hydrogen-bond acceptors (Lipinski definition) is 6. The number of hydrogen-bond donors (Lipinski definition) is 0. The smallest absolute Gasteiger partial charge is 0.187 e. The maximum absolute atomic E-state index is 4.59. The Morgan fingerprint density at radius 2 is 2.26 bits per heavy atom. The summed E-state index contributed by atoms with van der Waals surface area (Å²) in [6.07, 6.45) is 6.95. The third-order valence-electron chi connectivity index (χ3n) is 3.20. The maximum Gasteiger partial charge on any atom is 0.187 e. The number of thioether (sulfide) groups is 1. The van der Waals surface area contributed by atoms with Gasteiger partial charge in [0.1, 0.15) is 5.01 Å². The normalized spacial score (nSPS) is 15.5. The lowest BCUT2D eigenvalue weighted by Gasteiger charge is -2.27. The molecule has 0 saturated heterocycles. The molecule has 4 nitrogen and oxygen atoms in total. The lowest BCUT2D eigenvalue weighted by Crippen LogP contribution is -2.30. The molecule has 2 aromatic rings. The Labute approximate surface area is 121 Å². The molecule has 19 heavy (non-hydrogen) atoms. The van der Waals surface area contributed by atoms with Crippen molar-refractivity contribution in [1.29, 1.82) is 0 Å². The van der Waals surface area contributed by atoms with Gasteiger partial charge in [-0.2, -0.15) is 0 Å². The van der Waals surface area contributed by atoms with Crippen molar-refractivity contribution in [3.8, 4) is 0 Å². The summed E-state index contributed by atoms with van der Waals surface area (Å²) >= 11 is 3.39. The molecule has 6 heteroatoms. The van der Waals surface area contributed by atoms with Gasteiger partial charge >= 0.3 is 0 Å². The average Bonchev–Trinajstić information content (AvgIpc) is 2.83. The van der Waals surface area contributed by atoms with Gasteiger partial charge in [-0.3, -0.25) is 4.90 Å². The van der Waals surface area contributed by atoms with Gasteiger partial charge in [0.15, 0.2) is 5.16 Å². The van der Waals surface area contributed by atoms with Crippen LogP contribution in [0.15, 0.2) is 17.6 Å². The first-order chi connectivity index (χ1) is 9.24. The SMILES string of the molecule is CSc1ncc2c(n1)CCN(Cc1ncc(C)s1)C2. The van der Waals surface area contributed by atoms with Crippen LogP contribution >= 0.6 is 23.1 Å². The van der Waals surface area contributed by atoms with Crippen LogP contribution in [0.4, 0.5) is 0 Å². The first-order valence-corrected chi connectivity index (χ1v) is 8.31. The number of aryl methyl sites for hydroxylation is 1. The molecule has 2 aromatic heterocycles. The predicted molar refractivity (Wildman–Crippen MR) is 78.5 cm³/mol. The zero-order valence-corrected chi connectivity index (χ0v) is 12.7. The summed E-state index contributed by atoms with van der Waals surface area (Å²) in [6, 6.07) is 0. The quantitative estimate of drug-likeness (QED) is 0.642. The van der Waals surface area contributed by atoms with Gasteiger partial charge in [0.2, 0.25) is 0 Å². The van der Waals surface area contributed by atoms with Crippen LogP contribution in [0.5, 0.6) is 0 Å². The zero-order chi connectivity index (χ0) is 13.2. The Kier molecular flexibility index (Phi) is 3.81. The fourth-order valence-corrected chi connectivity index (χ4v) is 3.44. The summed E-state index contributed by atoms with van der Waals surface area (Å²) in [4.78, 5) is 17.1.